The van der Waals surface area contributed by atoms with Crippen LogP contribution in [0.4, 0.5) is 5.69 Å². The van der Waals surface area contributed by atoms with Crippen molar-refractivity contribution in [2.24, 2.45) is 0 Å². The van der Waals surface area contributed by atoms with E-state index in [2.05, 4.69) is 15.1 Å². The van der Waals surface area contributed by atoms with E-state index in [0.717, 1.165) is 0 Å². The number of aromatic nitrogens is 4. The number of hydrogen-bond donors (Lipinski definition) is 1. The maximum absolute atomic E-state index is 11.6. The largest absolute Gasteiger partial charge is 0.461 e. The molecule has 19 heavy (non-hydrogen) atoms. The summed E-state index contributed by atoms with van der Waals surface area (Å²) in [5.74, 6) is -0.423. The molecule has 2 aromatic rings. The van der Waals surface area contributed by atoms with Gasteiger partial charge in [0.15, 0.2) is 17.2 Å². The van der Waals surface area contributed by atoms with Crippen molar-refractivity contribution in [3.8, 4) is 11.9 Å². The summed E-state index contributed by atoms with van der Waals surface area (Å²) in [6.07, 6.45) is 4.19. The second kappa shape index (κ2) is 5.14. The first-order valence-corrected chi connectivity index (χ1v) is 5.41. The number of carbonyl (C=O) groups is 1. The lowest BCUT2D eigenvalue weighted by Crippen LogP contribution is -2.09. The molecule has 0 aliphatic rings. The van der Waals surface area contributed by atoms with Gasteiger partial charge in [0.25, 0.3) is 0 Å². The van der Waals surface area contributed by atoms with Crippen LogP contribution in [0.1, 0.15) is 23.1 Å². The highest BCUT2D eigenvalue weighted by Crippen LogP contribution is 2.15. The lowest BCUT2D eigenvalue weighted by molar-refractivity contribution is 0.0520. The van der Waals surface area contributed by atoms with Gasteiger partial charge >= 0.3 is 5.97 Å². The minimum Gasteiger partial charge on any atom is -0.461 e. The van der Waals surface area contributed by atoms with Crippen LogP contribution in [0.25, 0.3) is 5.82 Å². The number of anilines is 1. The Hall–Kier alpha value is -2.95. The van der Waals surface area contributed by atoms with Gasteiger partial charge in [-0.05, 0) is 6.92 Å². The fourth-order valence-electron chi connectivity index (χ4n) is 1.43. The number of nitriles is 1. The Labute approximate surface area is 108 Å². The first-order chi connectivity index (χ1) is 9.17. The van der Waals surface area contributed by atoms with E-state index in [-0.39, 0.29) is 29.5 Å². The summed E-state index contributed by atoms with van der Waals surface area (Å²) in [6, 6.07) is 1.89. The molecule has 0 atom stereocenters. The molecule has 2 heterocycles. The number of rotatable bonds is 3. The highest BCUT2D eigenvalue weighted by molar-refractivity contribution is 5.92. The van der Waals surface area contributed by atoms with Crippen LogP contribution in [0.2, 0.25) is 0 Å². The smallest absolute Gasteiger partial charge is 0.361 e. The van der Waals surface area contributed by atoms with Crippen molar-refractivity contribution in [3.05, 3.63) is 30.0 Å². The average Bonchev–Trinajstić information content (AvgIpc) is 2.81. The Bertz CT molecular complexity index is 657. The van der Waals surface area contributed by atoms with E-state index in [1.165, 1.54) is 23.3 Å². The number of ether oxygens (including phenoxy) is 1. The molecule has 0 unspecified atom stereocenters. The van der Waals surface area contributed by atoms with Gasteiger partial charge in [-0.2, -0.15) is 10.4 Å². The molecular weight excluding hydrogens is 248 g/mol. The Balaban J connectivity index is 2.45. The zero-order chi connectivity index (χ0) is 13.8. The molecule has 0 bridgehead atoms. The van der Waals surface area contributed by atoms with Crippen molar-refractivity contribution >= 4 is 11.7 Å². The lowest BCUT2D eigenvalue weighted by Gasteiger charge is -2.00. The van der Waals surface area contributed by atoms with Gasteiger partial charge in [-0.15, -0.1) is 0 Å². The number of esters is 1. The first kappa shape index (κ1) is 12.5. The fourth-order valence-corrected chi connectivity index (χ4v) is 1.43. The number of nitrogens with two attached hydrogens (primary N) is 1. The molecule has 2 rings (SSSR count). The van der Waals surface area contributed by atoms with Crippen molar-refractivity contribution in [2.75, 3.05) is 12.3 Å². The van der Waals surface area contributed by atoms with E-state index >= 15 is 0 Å². The van der Waals surface area contributed by atoms with Crippen molar-refractivity contribution in [1.29, 1.82) is 5.26 Å². The Morgan fingerprint density at radius 2 is 2.26 bits per heavy atom. The minimum atomic E-state index is -0.624. The van der Waals surface area contributed by atoms with Gasteiger partial charge in [-0.3, -0.25) is 0 Å². The third-order valence-electron chi connectivity index (χ3n) is 2.21. The molecule has 2 N–H and O–H groups in total. The molecule has 8 nitrogen and oxygen atoms in total. The molecule has 0 saturated carbocycles. The molecule has 0 spiro atoms. The second-order valence-electron chi connectivity index (χ2n) is 3.44. The van der Waals surface area contributed by atoms with Gasteiger partial charge in [0.1, 0.15) is 6.07 Å². The molecule has 0 aliphatic carbocycles. The molecule has 0 aliphatic heterocycles. The Morgan fingerprint density at radius 1 is 1.53 bits per heavy atom. The van der Waals surface area contributed by atoms with Crippen LogP contribution in [0.15, 0.2) is 18.6 Å². The monoisotopic (exact) mass is 258 g/mol. The summed E-state index contributed by atoms with van der Waals surface area (Å²) < 4.78 is 6.05. The second-order valence-corrected chi connectivity index (χ2v) is 3.44. The lowest BCUT2D eigenvalue weighted by atomic mass is 10.4. The van der Waals surface area contributed by atoms with E-state index in [1.54, 1.807) is 6.92 Å². The maximum Gasteiger partial charge on any atom is 0.361 e. The van der Waals surface area contributed by atoms with Gasteiger partial charge in [-0.1, -0.05) is 0 Å². The van der Waals surface area contributed by atoms with Crippen LogP contribution in [-0.4, -0.2) is 32.3 Å². The molecule has 0 amide bonds. The number of nitrogens with zero attached hydrogens (tertiary/aromatic N) is 5. The van der Waals surface area contributed by atoms with E-state index in [0.29, 0.717) is 0 Å². The van der Waals surface area contributed by atoms with Crippen molar-refractivity contribution in [1.82, 2.24) is 19.7 Å². The van der Waals surface area contributed by atoms with E-state index in [4.69, 9.17) is 15.7 Å². The molecule has 8 heteroatoms. The molecular formula is C11H10N6O2. The maximum atomic E-state index is 11.6. The summed E-state index contributed by atoms with van der Waals surface area (Å²) in [5.41, 5.74) is 5.90. The Kier molecular flexibility index (Phi) is 3.38. The third kappa shape index (κ3) is 2.35. The molecule has 0 radical (unpaired) electrons. The van der Waals surface area contributed by atoms with E-state index < -0.39 is 5.97 Å². The average molecular weight is 258 g/mol. The summed E-state index contributed by atoms with van der Waals surface area (Å²) in [4.78, 5) is 19.4. The van der Waals surface area contributed by atoms with E-state index in [1.807, 2.05) is 6.07 Å². The van der Waals surface area contributed by atoms with Crippen LogP contribution < -0.4 is 5.73 Å². The Morgan fingerprint density at radius 3 is 2.95 bits per heavy atom. The molecule has 0 fully saturated rings. The summed E-state index contributed by atoms with van der Waals surface area (Å²) in [5, 5.41) is 12.9. The quantitative estimate of drug-likeness (QED) is 0.785. The number of hydrogen-bond acceptors (Lipinski definition) is 7. The van der Waals surface area contributed by atoms with Crippen LogP contribution in [0.3, 0.4) is 0 Å². The molecule has 0 saturated heterocycles. The standard InChI is InChI=1S/C11H10N6O2/c1-2-19-11(18)9-7(13)6-17(16-9)10-8(5-12)14-3-4-15-10/h3-4,6H,2,13H2,1H3. The van der Waals surface area contributed by atoms with Crippen molar-refractivity contribution < 1.29 is 9.53 Å². The zero-order valence-electron chi connectivity index (χ0n) is 10.1. The number of nitrogen functional groups attached to an aromatic ring is 1. The van der Waals surface area contributed by atoms with E-state index in [9.17, 15) is 4.79 Å². The third-order valence-corrected chi connectivity index (χ3v) is 2.21. The topological polar surface area (TPSA) is 120 Å². The highest BCUT2D eigenvalue weighted by Gasteiger charge is 2.18. The van der Waals surface area contributed by atoms with Gasteiger partial charge in [0.2, 0.25) is 0 Å². The van der Waals surface area contributed by atoms with Crippen molar-refractivity contribution in [3.63, 3.8) is 0 Å². The summed E-state index contributed by atoms with van der Waals surface area (Å²) >= 11 is 0. The van der Waals surface area contributed by atoms with Gasteiger partial charge in [-0.25, -0.2) is 19.4 Å². The molecule has 0 aromatic carbocycles. The predicted octanol–water partition coefficient (Wildman–Crippen LogP) is 0.293. The zero-order valence-corrected chi connectivity index (χ0v) is 10.1. The highest BCUT2D eigenvalue weighted by atomic mass is 16.5. The van der Waals surface area contributed by atoms with Crippen LogP contribution >= 0.6 is 0 Å². The van der Waals surface area contributed by atoms with Gasteiger partial charge in [0, 0.05) is 12.4 Å². The van der Waals surface area contributed by atoms with Crippen molar-refractivity contribution in [2.45, 2.75) is 6.92 Å². The van der Waals surface area contributed by atoms with Gasteiger partial charge in [0.05, 0.1) is 18.5 Å². The predicted molar refractivity (Wildman–Crippen MR) is 64.2 cm³/mol. The SMILES string of the molecule is CCOC(=O)c1nn(-c2nccnc2C#N)cc1N. The molecule has 96 valence electrons. The van der Waals surface area contributed by atoms with Crippen LogP contribution in [0.5, 0.6) is 0 Å². The van der Waals surface area contributed by atoms with Crippen LogP contribution in [-0.2, 0) is 4.74 Å². The minimum absolute atomic E-state index is 0.0172. The normalized spacial score (nSPS) is 9.89. The molecule has 2 aromatic heterocycles. The first-order valence-electron chi connectivity index (χ1n) is 5.41. The van der Waals surface area contributed by atoms with Gasteiger partial charge < -0.3 is 10.5 Å². The summed E-state index contributed by atoms with van der Waals surface area (Å²) in [6.45, 7) is 1.90. The summed E-state index contributed by atoms with van der Waals surface area (Å²) in [7, 11) is 0. The number of carbonyl (C=O) groups excluding carboxylic acids is 1. The van der Waals surface area contributed by atoms with Crippen LogP contribution in [0, 0.1) is 11.3 Å². The fraction of sp³-hybridized carbons (Fsp3) is 0.182.